The minimum atomic E-state index is -0.281. The number of aromatic nitrogens is 1. The van der Waals surface area contributed by atoms with Gasteiger partial charge in [-0.1, -0.05) is 12.1 Å². The summed E-state index contributed by atoms with van der Waals surface area (Å²) in [6.45, 7) is 6.68. The molecule has 0 bridgehead atoms. The van der Waals surface area contributed by atoms with Gasteiger partial charge in [-0.2, -0.15) is 0 Å². The molecule has 0 spiro atoms. The van der Waals surface area contributed by atoms with E-state index in [4.69, 9.17) is 0 Å². The van der Waals surface area contributed by atoms with Crippen LogP contribution in [0.15, 0.2) is 61.4 Å². The van der Waals surface area contributed by atoms with Crippen LogP contribution in [0.4, 0.5) is 5.69 Å². The largest absolute Gasteiger partial charge is 0.352 e. The van der Waals surface area contributed by atoms with Crippen molar-refractivity contribution in [2.24, 2.45) is 0 Å². The Kier molecular flexibility index (Phi) is 7.29. The molecule has 1 aliphatic rings. The van der Waals surface area contributed by atoms with Gasteiger partial charge in [0.2, 0.25) is 5.91 Å². The molecule has 2 aromatic rings. The number of nitrogens with one attached hydrogen (secondary N) is 2. The highest BCUT2D eigenvalue weighted by Crippen LogP contribution is 2.15. The third-order valence-corrected chi connectivity index (χ3v) is 4.76. The molecule has 156 valence electrons. The molecule has 8 heteroatoms. The minimum Gasteiger partial charge on any atom is -0.352 e. The second-order valence-electron chi connectivity index (χ2n) is 6.94. The zero-order chi connectivity index (χ0) is 21.3. The first-order chi connectivity index (χ1) is 14.6. The van der Waals surface area contributed by atoms with Gasteiger partial charge in [0.25, 0.3) is 11.8 Å². The number of benzene rings is 1. The second-order valence-corrected chi connectivity index (χ2v) is 6.94. The molecule has 30 heavy (non-hydrogen) atoms. The van der Waals surface area contributed by atoms with Crippen molar-refractivity contribution in [2.75, 3.05) is 44.6 Å². The molecule has 1 aliphatic heterocycles. The molecule has 3 rings (SSSR count). The van der Waals surface area contributed by atoms with Crippen LogP contribution in [0.5, 0.6) is 0 Å². The van der Waals surface area contributed by atoms with Crippen molar-refractivity contribution in [1.29, 1.82) is 0 Å². The van der Waals surface area contributed by atoms with E-state index in [1.54, 1.807) is 53.6 Å². The van der Waals surface area contributed by atoms with Crippen molar-refractivity contribution in [3.63, 3.8) is 0 Å². The first-order valence-electron chi connectivity index (χ1n) is 9.77. The smallest absolute Gasteiger partial charge is 0.257 e. The number of carbonyl (C=O) groups excluding carboxylic acids is 3. The standard InChI is InChI=1S/C22H25N5O3/c1-2-8-24-20(28)16-26-10-12-27(13-11-26)22(30)17-5-3-7-19(14-17)25-21(29)18-6-4-9-23-15-18/h2-7,9,14-15H,1,8,10-13,16H2,(H,24,28)(H,25,29). The lowest BCUT2D eigenvalue weighted by Crippen LogP contribution is -2.51. The quantitative estimate of drug-likeness (QED) is 0.677. The average molecular weight is 407 g/mol. The van der Waals surface area contributed by atoms with Crippen LogP contribution in [-0.4, -0.2) is 71.8 Å². The monoisotopic (exact) mass is 407 g/mol. The summed E-state index contributed by atoms with van der Waals surface area (Å²) in [7, 11) is 0. The molecule has 0 atom stereocenters. The summed E-state index contributed by atoms with van der Waals surface area (Å²) in [4.78, 5) is 44.7. The van der Waals surface area contributed by atoms with Crippen LogP contribution in [0, 0.1) is 0 Å². The Morgan fingerprint density at radius 2 is 1.83 bits per heavy atom. The van der Waals surface area contributed by atoms with Crippen molar-refractivity contribution in [1.82, 2.24) is 20.1 Å². The Hall–Kier alpha value is -3.52. The Bertz CT molecular complexity index is 908. The molecule has 1 fully saturated rings. The summed E-state index contributed by atoms with van der Waals surface area (Å²) >= 11 is 0. The van der Waals surface area contributed by atoms with Gasteiger partial charge in [0.15, 0.2) is 0 Å². The lowest BCUT2D eigenvalue weighted by Gasteiger charge is -2.34. The maximum Gasteiger partial charge on any atom is 0.257 e. The number of rotatable bonds is 7. The Morgan fingerprint density at radius 1 is 1.07 bits per heavy atom. The lowest BCUT2D eigenvalue weighted by molar-refractivity contribution is -0.122. The van der Waals surface area contributed by atoms with Crippen molar-refractivity contribution in [3.05, 3.63) is 72.6 Å². The molecule has 0 radical (unpaired) electrons. The number of piperazine rings is 1. The van der Waals surface area contributed by atoms with Crippen LogP contribution >= 0.6 is 0 Å². The van der Waals surface area contributed by atoms with E-state index >= 15 is 0 Å². The highest BCUT2D eigenvalue weighted by Gasteiger charge is 2.23. The molecule has 0 unspecified atom stereocenters. The van der Waals surface area contributed by atoms with E-state index in [1.165, 1.54) is 6.20 Å². The predicted octanol–water partition coefficient (Wildman–Crippen LogP) is 1.39. The third-order valence-electron chi connectivity index (χ3n) is 4.76. The predicted molar refractivity (Wildman–Crippen MR) is 114 cm³/mol. The first kappa shape index (κ1) is 21.2. The van der Waals surface area contributed by atoms with E-state index in [2.05, 4.69) is 22.2 Å². The maximum absolute atomic E-state index is 12.9. The molecular formula is C22H25N5O3. The van der Waals surface area contributed by atoms with Gasteiger partial charge in [0.1, 0.15) is 0 Å². The second kappa shape index (κ2) is 10.3. The van der Waals surface area contributed by atoms with Gasteiger partial charge in [-0.25, -0.2) is 0 Å². The van der Waals surface area contributed by atoms with Crippen LogP contribution in [0.1, 0.15) is 20.7 Å². The SMILES string of the molecule is C=CCNC(=O)CN1CCN(C(=O)c2cccc(NC(=O)c3cccnc3)c2)CC1. The normalized spacial score (nSPS) is 14.1. The minimum absolute atomic E-state index is 0.0493. The highest BCUT2D eigenvalue weighted by atomic mass is 16.2. The number of pyridine rings is 1. The fraction of sp³-hybridized carbons (Fsp3) is 0.273. The number of anilines is 1. The van der Waals surface area contributed by atoms with Crippen molar-refractivity contribution < 1.29 is 14.4 Å². The molecule has 2 heterocycles. The number of amides is 3. The Balaban J connectivity index is 1.55. The van der Waals surface area contributed by atoms with E-state index in [0.717, 1.165) is 0 Å². The summed E-state index contributed by atoms with van der Waals surface area (Å²) in [5.74, 6) is -0.425. The third kappa shape index (κ3) is 5.74. The molecule has 0 aliphatic carbocycles. The van der Waals surface area contributed by atoms with E-state index in [1.807, 2.05) is 4.90 Å². The summed E-state index contributed by atoms with van der Waals surface area (Å²) in [6, 6.07) is 10.3. The van der Waals surface area contributed by atoms with Crippen LogP contribution in [0.3, 0.4) is 0 Å². The summed E-state index contributed by atoms with van der Waals surface area (Å²) in [5.41, 5.74) is 1.51. The van der Waals surface area contributed by atoms with E-state index in [-0.39, 0.29) is 17.7 Å². The average Bonchev–Trinajstić information content (AvgIpc) is 2.78. The van der Waals surface area contributed by atoms with Crippen LogP contribution in [-0.2, 0) is 4.79 Å². The van der Waals surface area contributed by atoms with Crippen LogP contribution in [0.2, 0.25) is 0 Å². The molecule has 2 N–H and O–H groups in total. The zero-order valence-electron chi connectivity index (χ0n) is 16.7. The van der Waals surface area contributed by atoms with Gasteiger partial charge in [-0.05, 0) is 30.3 Å². The van der Waals surface area contributed by atoms with Gasteiger partial charge >= 0.3 is 0 Å². The summed E-state index contributed by atoms with van der Waals surface area (Å²) in [6.07, 6.45) is 4.73. The van der Waals surface area contributed by atoms with Gasteiger partial charge in [-0.3, -0.25) is 24.3 Å². The van der Waals surface area contributed by atoms with Crippen LogP contribution < -0.4 is 10.6 Å². The highest BCUT2D eigenvalue weighted by molar-refractivity contribution is 6.05. The summed E-state index contributed by atoms with van der Waals surface area (Å²) < 4.78 is 0. The molecule has 1 aromatic heterocycles. The summed E-state index contributed by atoms with van der Waals surface area (Å²) in [5, 5.41) is 5.55. The maximum atomic E-state index is 12.9. The van der Waals surface area contributed by atoms with Crippen molar-refractivity contribution >= 4 is 23.4 Å². The fourth-order valence-corrected chi connectivity index (χ4v) is 3.17. The number of hydrogen-bond donors (Lipinski definition) is 2. The number of nitrogens with zero attached hydrogens (tertiary/aromatic N) is 3. The number of hydrogen-bond acceptors (Lipinski definition) is 5. The van der Waals surface area contributed by atoms with Gasteiger partial charge in [0.05, 0.1) is 12.1 Å². The van der Waals surface area contributed by atoms with Crippen molar-refractivity contribution in [3.8, 4) is 0 Å². The Morgan fingerprint density at radius 3 is 2.53 bits per heavy atom. The molecule has 3 amide bonds. The van der Waals surface area contributed by atoms with E-state index in [0.29, 0.717) is 56.1 Å². The molecular weight excluding hydrogens is 382 g/mol. The number of carbonyl (C=O) groups is 3. The van der Waals surface area contributed by atoms with E-state index in [9.17, 15) is 14.4 Å². The first-order valence-corrected chi connectivity index (χ1v) is 9.77. The van der Waals surface area contributed by atoms with Gasteiger partial charge < -0.3 is 15.5 Å². The lowest BCUT2D eigenvalue weighted by atomic mass is 10.1. The van der Waals surface area contributed by atoms with Gasteiger partial charge in [0, 0.05) is 56.4 Å². The topological polar surface area (TPSA) is 94.6 Å². The van der Waals surface area contributed by atoms with E-state index < -0.39 is 0 Å². The molecule has 1 saturated heterocycles. The Labute approximate surface area is 175 Å². The molecule has 1 aromatic carbocycles. The zero-order valence-corrected chi connectivity index (χ0v) is 16.7. The van der Waals surface area contributed by atoms with Crippen molar-refractivity contribution in [2.45, 2.75) is 0 Å². The molecule has 8 nitrogen and oxygen atoms in total. The fourth-order valence-electron chi connectivity index (χ4n) is 3.17. The van der Waals surface area contributed by atoms with Crippen LogP contribution in [0.25, 0.3) is 0 Å². The van der Waals surface area contributed by atoms with Gasteiger partial charge in [-0.15, -0.1) is 6.58 Å². The molecule has 0 saturated carbocycles.